The Hall–Kier alpha value is -4.12. The molecule has 3 aromatic heterocycles. The minimum Gasteiger partial charge on any atom is -0.384 e. The number of carbonyl (C=O) groups excluding carboxylic acids is 2. The highest BCUT2D eigenvalue weighted by molar-refractivity contribution is 7.19. The van der Waals surface area contributed by atoms with E-state index < -0.39 is 17.9 Å². The average molecular weight is 583 g/mol. The molecule has 4 heterocycles. The lowest BCUT2D eigenvalue weighted by molar-refractivity contribution is -0.136. The van der Waals surface area contributed by atoms with Crippen LogP contribution in [0.3, 0.4) is 0 Å². The molecule has 6 nitrogen and oxygen atoms in total. The van der Waals surface area contributed by atoms with Crippen molar-refractivity contribution < 1.29 is 27.2 Å². The number of piperidine rings is 1. The summed E-state index contributed by atoms with van der Waals surface area (Å²) in [6, 6.07) is 10.8. The summed E-state index contributed by atoms with van der Waals surface area (Å²) in [4.78, 5) is 35.6. The summed E-state index contributed by atoms with van der Waals surface area (Å²) >= 11 is 1.02. The molecule has 1 aliphatic rings. The first kappa shape index (κ1) is 28.4. The van der Waals surface area contributed by atoms with E-state index in [1.54, 1.807) is 35.2 Å². The molecule has 1 aliphatic heterocycles. The fourth-order valence-electron chi connectivity index (χ4n) is 4.65. The highest BCUT2D eigenvalue weighted by atomic mass is 32.1. The number of rotatable bonds is 7. The Morgan fingerprint density at radius 1 is 1.05 bits per heavy atom. The number of benzene rings is 1. The number of anilines is 1. The number of carbonyl (C=O) groups is 2. The molecule has 2 N–H and O–H groups in total. The van der Waals surface area contributed by atoms with Crippen molar-refractivity contribution in [2.75, 3.05) is 18.8 Å². The summed E-state index contributed by atoms with van der Waals surface area (Å²) in [7, 11) is 0. The van der Waals surface area contributed by atoms with Crippen molar-refractivity contribution in [3.63, 3.8) is 0 Å². The van der Waals surface area contributed by atoms with Crippen molar-refractivity contribution in [3.05, 3.63) is 82.5 Å². The third kappa shape index (κ3) is 6.79. The molecule has 0 bridgehead atoms. The second kappa shape index (κ2) is 11.8. The van der Waals surface area contributed by atoms with E-state index in [4.69, 9.17) is 5.73 Å². The number of alkyl halides is 4. The van der Waals surface area contributed by atoms with Gasteiger partial charge in [-0.3, -0.25) is 14.6 Å². The minimum absolute atomic E-state index is 0.0928. The van der Waals surface area contributed by atoms with Crippen molar-refractivity contribution in [1.82, 2.24) is 14.9 Å². The van der Waals surface area contributed by atoms with Gasteiger partial charge >= 0.3 is 6.18 Å². The van der Waals surface area contributed by atoms with Gasteiger partial charge in [-0.2, -0.15) is 13.2 Å². The monoisotopic (exact) mass is 582 g/mol. The van der Waals surface area contributed by atoms with E-state index in [0.29, 0.717) is 52.4 Å². The van der Waals surface area contributed by atoms with E-state index >= 15 is 0 Å². The SMILES string of the molecule is Nc1ccc(/C=C/C(=O)CCc2cc3cc(-c4ccc(C(=O)N5CCC(F)CC5)cn4)cc(C(F)(F)F)c3s2)cn1. The fourth-order valence-corrected chi connectivity index (χ4v) is 5.82. The molecule has 0 atom stereocenters. The van der Waals surface area contributed by atoms with Gasteiger partial charge in [0, 0.05) is 47.0 Å². The predicted octanol–water partition coefficient (Wildman–Crippen LogP) is 6.75. The second-order valence-electron chi connectivity index (χ2n) is 9.87. The number of fused-ring (bicyclic) bond motifs is 1. The van der Waals surface area contributed by atoms with Crippen LogP contribution in [0.2, 0.25) is 0 Å². The number of aromatic nitrogens is 2. The van der Waals surface area contributed by atoms with Crippen LogP contribution in [0.1, 0.15) is 45.6 Å². The molecule has 0 spiro atoms. The van der Waals surface area contributed by atoms with Crippen LogP contribution in [-0.4, -0.2) is 45.8 Å². The number of ketones is 1. The first-order chi connectivity index (χ1) is 19.6. The number of hydrogen-bond acceptors (Lipinski definition) is 6. The number of amides is 1. The summed E-state index contributed by atoms with van der Waals surface area (Å²) in [6.45, 7) is 0.631. The van der Waals surface area contributed by atoms with Crippen LogP contribution >= 0.6 is 11.3 Å². The van der Waals surface area contributed by atoms with Gasteiger partial charge in [0.1, 0.15) is 12.0 Å². The van der Waals surface area contributed by atoms with Crippen molar-refractivity contribution in [1.29, 1.82) is 0 Å². The number of pyridine rings is 2. The van der Waals surface area contributed by atoms with E-state index in [1.165, 1.54) is 30.6 Å². The number of allylic oxidation sites excluding steroid dienone is 1. The lowest BCUT2D eigenvalue weighted by Crippen LogP contribution is -2.39. The zero-order chi connectivity index (χ0) is 29.1. The molecular formula is C30H26F4N4O2S. The molecule has 1 amide bonds. The third-order valence-electron chi connectivity index (χ3n) is 6.88. The van der Waals surface area contributed by atoms with Crippen molar-refractivity contribution in [2.24, 2.45) is 0 Å². The maximum atomic E-state index is 14.1. The zero-order valence-electron chi connectivity index (χ0n) is 21.8. The Balaban J connectivity index is 1.34. The lowest BCUT2D eigenvalue weighted by Gasteiger charge is -2.28. The minimum atomic E-state index is -4.60. The number of likely N-dealkylation sites (tertiary alicyclic amines) is 1. The Morgan fingerprint density at radius 2 is 1.83 bits per heavy atom. The standard InChI is InChI=1S/C30H26F4N4O2S/c31-22-9-11-38(12-10-22)29(40)19-3-7-26(36-17-19)20-13-21-14-24(41-28(21)25(15-20)30(32,33)34)6-5-23(39)4-1-18-2-8-27(35)37-16-18/h1-4,7-8,13-17,22H,5-6,9-12H2,(H2,35,37)/b4-1+. The number of nitrogen functional groups attached to an aromatic ring is 1. The number of aryl methyl sites for hydroxylation is 1. The molecule has 11 heteroatoms. The summed E-state index contributed by atoms with van der Waals surface area (Å²) in [5.74, 6) is -0.0721. The zero-order valence-corrected chi connectivity index (χ0v) is 22.6. The fraction of sp³-hybridized carbons (Fsp3) is 0.267. The lowest BCUT2D eigenvalue weighted by atomic mass is 10.0. The number of halogens is 4. The van der Waals surface area contributed by atoms with Gasteiger partial charge in [-0.25, -0.2) is 9.37 Å². The van der Waals surface area contributed by atoms with Gasteiger partial charge in [0.25, 0.3) is 5.91 Å². The average Bonchev–Trinajstić information content (AvgIpc) is 3.38. The molecule has 1 fully saturated rings. The van der Waals surface area contributed by atoms with E-state index in [1.807, 2.05) is 0 Å². The number of hydrogen-bond donors (Lipinski definition) is 1. The Bertz CT molecular complexity index is 1590. The van der Waals surface area contributed by atoms with Gasteiger partial charge in [-0.05, 0) is 84.8 Å². The molecule has 212 valence electrons. The predicted molar refractivity (Wildman–Crippen MR) is 151 cm³/mol. The summed E-state index contributed by atoms with van der Waals surface area (Å²) in [5, 5.41) is 0.404. The largest absolute Gasteiger partial charge is 0.417 e. The molecular weight excluding hydrogens is 556 g/mol. The molecule has 41 heavy (non-hydrogen) atoms. The smallest absolute Gasteiger partial charge is 0.384 e. The normalized spacial score (nSPS) is 14.7. The molecule has 0 radical (unpaired) electrons. The molecule has 5 rings (SSSR count). The summed E-state index contributed by atoms with van der Waals surface area (Å²) < 4.78 is 55.7. The first-order valence-corrected chi connectivity index (χ1v) is 13.8. The summed E-state index contributed by atoms with van der Waals surface area (Å²) in [6.07, 6.45) is 1.41. The van der Waals surface area contributed by atoms with Crippen molar-refractivity contribution in [3.8, 4) is 11.3 Å². The van der Waals surface area contributed by atoms with Crippen molar-refractivity contribution >= 4 is 45.0 Å². The van der Waals surface area contributed by atoms with Crippen LogP contribution in [0.15, 0.2) is 60.9 Å². The topological polar surface area (TPSA) is 89.2 Å². The van der Waals surface area contributed by atoms with Crippen LogP contribution in [0.25, 0.3) is 27.4 Å². The Labute approximate surface area is 237 Å². The van der Waals surface area contributed by atoms with E-state index in [-0.39, 0.29) is 41.2 Å². The van der Waals surface area contributed by atoms with Crippen LogP contribution in [0.4, 0.5) is 23.4 Å². The second-order valence-corrected chi connectivity index (χ2v) is 11.0. The maximum absolute atomic E-state index is 14.1. The van der Waals surface area contributed by atoms with Gasteiger partial charge in [0.2, 0.25) is 0 Å². The molecule has 1 aromatic carbocycles. The van der Waals surface area contributed by atoms with Crippen LogP contribution < -0.4 is 5.73 Å². The van der Waals surface area contributed by atoms with Gasteiger partial charge in [-0.1, -0.05) is 0 Å². The molecule has 0 saturated carbocycles. The van der Waals surface area contributed by atoms with E-state index in [9.17, 15) is 27.2 Å². The molecule has 0 aliphatic carbocycles. The number of nitrogens with zero attached hydrogens (tertiary/aromatic N) is 3. The molecule has 4 aromatic rings. The molecule has 1 saturated heterocycles. The van der Waals surface area contributed by atoms with Crippen LogP contribution in [0, 0.1) is 0 Å². The van der Waals surface area contributed by atoms with Gasteiger partial charge in [0.05, 0.1) is 16.8 Å². The third-order valence-corrected chi connectivity index (χ3v) is 8.12. The van der Waals surface area contributed by atoms with E-state index in [0.717, 1.165) is 17.4 Å². The Kier molecular flexibility index (Phi) is 8.16. The Morgan fingerprint density at radius 3 is 2.49 bits per heavy atom. The van der Waals surface area contributed by atoms with Crippen LogP contribution in [-0.2, 0) is 17.4 Å². The highest BCUT2D eigenvalue weighted by Crippen LogP contribution is 2.41. The number of thiophene rings is 1. The molecule has 0 unspecified atom stereocenters. The van der Waals surface area contributed by atoms with Crippen LogP contribution in [0.5, 0.6) is 0 Å². The van der Waals surface area contributed by atoms with Gasteiger partial charge in [-0.15, -0.1) is 11.3 Å². The first-order valence-electron chi connectivity index (χ1n) is 13.0. The highest BCUT2D eigenvalue weighted by Gasteiger charge is 2.34. The number of nitrogens with two attached hydrogens (primary N) is 1. The van der Waals surface area contributed by atoms with Gasteiger partial charge in [0.15, 0.2) is 5.78 Å². The van der Waals surface area contributed by atoms with Gasteiger partial charge < -0.3 is 10.6 Å². The quantitative estimate of drug-likeness (QED) is 0.192. The van der Waals surface area contributed by atoms with E-state index in [2.05, 4.69) is 9.97 Å². The maximum Gasteiger partial charge on any atom is 0.417 e. The summed E-state index contributed by atoms with van der Waals surface area (Å²) in [5.41, 5.74) is 6.35. The van der Waals surface area contributed by atoms with Crippen molar-refractivity contribution in [2.45, 2.75) is 38.0 Å².